The van der Waals surface area contributed by atoms with Crippen LogP contribution in [0, 0.1) is 0 Å². The Hall–Kier alpha value is -2.88. The average molecular weight is 306 g/mol. The Balaban J connectivity index is 2.07. The van der Waals surface area contributed by atoms with Gasteiger partial charge in [0, 0.05) is 18.1 Å². The third-order valence-corrected chi connectivity index (χ3v) is 3.58. The summed E-state index contributed by atoms with van der Waals surface area (Å²) in [5.74, 6) is 0. The van der Waals surface area contributed by atoms with Crippen molar-refractivity contribution in [1.29, 1.82) is 0 Å². The van der Waals surface area contributed by atoms with Gasteiger partial charge in [0.2, 0.25) is 0 Å². The Morgan fingerprint density at radius 3 is 2.57 bits per heavy atom. The summed E-state index contributed by atoms with van der Waals surface area (Å²) in [5.41, 5.74) is 2.25. The number of para-hydroxylation sites is 1. The molecular weight excluding hydrogens is 288 g/mol. The summed E-state index contributed by atoms with van der Waals surface area (Å²) < 4.78 is 7.06. The molecule has 0 N–H and O–H groups in total. The molecule has 0 radical (unpaired) electrons. The lowest BCUT2D eigenvalue weighted by atomic mass is 10.1. The van der Waals surface area contributed by atoms with E-state index >= 15 is 0 Å². The van der Waals surface area contributed by atoms with Gasteiger partial charge in [-0.25, -0.2) is 4.79 Å². The number of pyridine rings is 1. The highest BCUT2D eigenvalue weighted by Crippen LogP contribution is 2.12. The van der Waals surface area contributed by atoms with Crippen molar-refractivity contribution in [3.8, 4) is 0 Å². The van der Waals surface area contributed by atoms with Gasteiger partial charge in [0.25, 0.3) is 0 Å². The minimum atomic E-state index is -0.557. The van der Waals surface area contributed by atoms with Crippen LogP contribution in [-0.4, -0.2) is 17.3 Å². The van der Waals surface area contributed by atoms with Gasteiger partial charge in [0.1, 0.15) is 0 Å². The number of amides is 1. The molecule has 0 fully saturated rings. The summed E-state index contributed by atoms with van der Waals surface area (Å²) in [6.45, 7) is 2.85. The van der Waals surface area contributed by atoms with E-state index in [1.165, 1.54) is 5.56 Å². The fourth-order valence-electron chi connectivity index (χ4n) is 2.54. The summed E-state index contributed by atoms with van der Waals surface area (Å²) in [6, 6.07) is 20.0. The van der Waals surface area contributed by atoms with Crippen LogP contribution in [0.3, 0.4) is 0 Å². The second-order valence-electron chi connectivity index (χ2n) is 5.14. The van der Waals surface area contributed by atoms with Gasteiger partial charge in [0.15, 0.2) is 0 Å². The van der Waals surface area contributed by atoms with Gasteiger partial charge < -0.3 is 9.30 Å². The second kappa shape index (κ2) is 6.92. The Morgan fingerprint density at radius 2 is 1.78 bits per heavy atom. The molecule has 23 heavy (non-hydrogen) atoms. The van der Waals surface area contributed by atoms with Crippen LogP contribution in [0.25, 0.3) is 10.9 Å². The molecular formula is C19H18N2O2. The van der Waals surface area contributed by atoms with Crippen molar-refractivity contribution < 1.29 is 9.53 Å². The zero-order valence-electron chi connectivity index (χ0n) is 13.0. The molecule has 0 atom stereocenters. The minimum Gasteiger partial charge on any atom is -0.448 e. The highest BCUT2D eigenvalue weighted by molar-refractivity contribution is 5.80. The number of rotatable bonds is 3. The number of hydrogen-bond donors (Lipinski definition) is 0. The fraction of sp³-hybridized carbons (Fsp3) is 0.158. The van der Waals surface area contributed by atoms with E-state index in [1.807, 2.05) is 54.7 Å². The zero-order chi connectivity index (χ0) is 16.1. The van der Waals surface area contributed by atoms with Gasteiger partial charge in [-0.15, -0.1) is 0 Å². The summed E-state index contributed by atoms with van der Waals surface area (Å²) in [7, 11) is 0. The van der Waals surface area contributed by atoms with Crippen molar-refractivity contribution >= 4 is 17.0 Å². The van der Waals surface area contributed by atoms with E-state index in [-0.39, 0.29) is 0 Å². The number of hydrogen-bond acceptors (Lipinski definition) is 2. The first kappa shape index (κ1) is 15.0. The third-order valence-electron chi connectivity index (χ3n) is 3.58. The maximum absolute atomic E-state index is 11.6. The minimum absolute atomic E-state index is 0.321. The maximum Gasteiger partial charge on any atom is 0.434 e. The number of benzene rings is 2. The first-order chi connectivity index (χ1) is 11.3. The molecule has 0 aliphatic heterocycles. The number of aromatic nitrogens is 1. The highest BCUT2D eigenvalue weighted by atomic mass is 16.5. The van der Waals surface area contributed by atoms with E-state index in [9.17, 15) is 4.79 Å². The second-order valence-corrected chi connectivity index (χ2v) is 5.14. The van der Waals surface area contributed by atoms with Gasteiger partial charge in [-0.3, -0.25) is 0 Å². The van der Waals surface area contributed by atoms with Crippen LogP contribution in [-0.2, 0) is 11.3 Å². The van der Waals surface area contributed by atoms with Gasteiger partial charge in [-0.05, 0) is 24.6 Å². The number of nitrogens with zero attached hydrogens (tertiary/aromatic N) is 2. The monoisotopic (exact) mass is 306 g/mol. The van der Waals surface area contributed by atoms with Crippen LogP contribution in [0.15, 0.2) is 71.9 Å². The van der Waals surface area contributed by atoms with E-state index in [1.54, 1.807) is 6.92 Å². The van der Waals surface area contributed by atoms with E-state index in [4.69, 9.17) is 4.74 Å². The predicted octanol–water partition coefficient (Wildman–Crippen LogP) is 3.75. The summed E-state index contributed by atoms with van der Waals surface area (Å²) in [4.78, 5) is 15.7. The van der Waals surface area contributed by atoms with Crippen molar-refractivity contribution in [2.75, 3.05) is 6.61 Å². The number of fused-ring (bicyclic) bond motifs is 1. The molecule has 3 rings (SSSR count). The molecule has 0 unspecified atom stereocenters. The Labute approximate surface area is 134 Å². The lowest BCUT2D eigenvalue weighted by Crippen LogP contribution is -2.13. The molecule has 2 aromatic carbocycles. The molecule has 4 heteroatoms. The average Bonchev–Trinajstić information content (AvgIpc) is 2.58. The van der Waals surface area contributed by atoms with Gasteiger partial charge >= 0.3 is 6.09 Å². The molecule has 1 amide bonds. The molecule has 0 bridgehead atoms. The van der Waals surface area contributed by atoms with Crippen molar-refractivity contribution in [1.82, 2.24) is 4.57 Å². The Bertz CT molecular complexity index is 883. The topological polar surface area (TPSA) is 43.6 Å². The van der Waals surface area contributed by atoms with E-state index in [2.05, 4.69) is 21.7 Å². The molecule has 4 nitrogen and oxygen atoms in total. The molecule has 0 spiro atoms. The van der Waals surface area contributed by atoms with Gasteiger partial charge in [-0.1, -0.05) is 48.5 Å². The smallest absolute Gasteiger partial charge is 0.434 e. The van der Waals surface area contributed by atoms with Crippen molar-refractivity contribution in [2.45, 2.75) is 13.5 Å². The van der Waals surface area contributed by atoms with Gasteiger partial charge in [-0.2, -0.15) is 4.99 Å². The number of carbonyl (C=O) groups is 1. The van der Waals surface area contributed by atoms with Crippen LogP contribution < -0.4 is 5.36 Å². The van der Waals surface area contributed by atoms with Crippen molar-refractivity contribution in [3.63, 3.8) is 0 Å². The highest BCUT2D eigenvalue weighted by Gasteiger charge is 2.04. The molecule has 1 aromatic heterocycles. The van der Waals surface area contributed by atoms with E-state index < -0.39 is 6.09 Å². The predicted molar refractivity (Wildman–Crippen MR) is 90.1 cm³/mol. The Kier molecular flexibility index (Phi) is 4.52. The van der Waals surface area contributed by atoms with E-state index in [0.29, 0.717) is 12.0 Å². The quantitative estimate of drug-likeness (QED) is 0.739. The summed E-state index contributed by atoms with van der Waals surface area (Å²) in [6.07, 6.45) is 1.39. The van der Waals surface area contributed by atoms with Crippen molar-refractivity contribution in [2.24, 2.45) is 4.99 Å². The SMILES string of the molecule is CCOC(=O)/N=c1\ccn(Cc2ccccc2)c2ccccc12. The normalized spacial score (nSPS) is 11.6. The third kappa shape index (κ3) is 3.48. The van der Waals surface area contributed by atoms with Crippen LogP contribution in [0.1, 0.15) is 12.5 Å². The van der Waals surface area contributed by atoms with Gasteiger partial charge in [0.05, 0.1) is 17.5 Å². The molecule has 3 aromatic rings. The first-order valence-corrected chi connectivity index (χ1v) is 7.61. The molecule has 0 aliphatic carbocycles. The fourth-order valence-corrected chi connectivity index (χ4v) is 2.54. The van der Waals surface area contributed by atoms with Crippen molar-refractivity contribution in [3.05, 3.63) is 77.8 Å². The summed E-state index contributed by atoms with van der Waals surface area (Å²) >= 11 is 0. The molecule has 116 valence electrons. The maximum atomic E-state index is 11.6. The molecule has 0 saturated heterocycles. The number of ether oxygens (including phenoxy) is 1. The number of carbonyl (C=O) groups excluding carboxylic acids is 1. The lowest BCUT2D eigenvalue weighted by molar-refractivity contribution is 0.162. The standard InChI is InChI=1S/C19H18N2O2/c1-2-23-19(22)20-17-12-13-21(14-15-8-4-3-5-9-15)18-11-7-6-10-16(17)18/h3-13H,2,14H2,1H3/b20-17+. The zero-order valence-corrected chi connectivity index (χ0v) is 13.0. The molecule has 1 heterocycles. The Morgan fingerprint density at radius 1 is 1.04 bits per heavy atom. The molecule has 0 saturated carbocycles. The van der Waals surface area contributed by atoms with Crippen LogP contribution in [0.5, 0.6) is 0 Å². The first-order valence-electron chi connectivity index (χ1n) is 7.61. The summed E-state index contributed by atoms with van der Waals surface area (Å²) in [5, 5.41) is 1.56. The van der Waals surface area contributed by atoms with E-state index in [0.717, 1.165) is 17.4 Å². The lowest BCUT2D eigenvalue weighted by Gasteiger charge is -2.11. The van der Waals surface area contributed by atoms with Crippen LogP contribution in [0.4, 0.5) is 4.79 Å². The largest absolute Gasteiger partial charge is 0.448 e. The molecule has 0 aliphatic rings. The van der Waals surface area contributed by atoms with Crippen LogP contribution >= 0.6 is 0 Å². The van der Waals surface area contributed by atoms with Crippen LogP contribution in [0.2, 0.25) is 0 Å².